The smallest absolute Gasteiger partial charge is 0.268 e. The number of H-pyrrole nitrogens is 1. The summed E-state index contributed by atoms with van der Waals surface area (Å²) in [5, 5.41) is 3.91. The molecule has 0 spiro atoms. The van der Waals surface area contributed by atoms with E-state index in [1.165, 1.54) is 6.07 Å². The number of fused-ring (bicyclic) bond motifs is 1. The summed E-state index contributed by atoms with van der Waals surface area (Å²) >= 11 is 0. The molecule has 5 heteroatoms. The van der Waals surface area contributed by atoms with Crippen molar-refractivity contribution in [3.8, 4) is 0 Å². The summed E-state index contributed by atoms with van der Waals surface area (Å²) in [6.07, 6.45) is 0. The van der Waals surface area contributed by atoms with Crippen molar-refractivity contribution in [2.45, 2.75) is 13.5 Å². The number of halogens is 1. The number of rotatable bonds is 3. The number of nitrogens with one attached hydrogen (secondary N) is 2. The second kappa shape index (κ2) is 6.04. The van der Waals surface area contributed by atoms with Crippen molar-refractivity contribution < 1.29 is 9.18 Å². The third kappa shape index (κ3) is 3.13. The van der Waals surface area contributed by atoms with Crippen LogP contribution in [0, 0.1) is 12.7 Å². The Labute approximate surface area is 132 Å². The maximum absolute atomic E-state index is 13.5. The highest BCUT2D eigenvalue weighted by molar-refractivity contribution is 5.96. The van der Waals surface area contributed by atoms with Gasteiger partial charge < -0.3 is 10.3 Å². The zero-order valence-electron chi connectivity index (χ0n) is 12.5. The molecule has 116 valence electrons. The number of amides is 1. The predicted octanol–water partition coefficient (Wildman–Crippen LogP) is 2.91. The van der Waals surface area contributed by atoms with Gasteiger partial charge in [0.25, 0.3) is 11.5 Å². The van der Waals surface area contributed by atoms with Gasteiger partial charge in [-0.2, -0.15) is 0 Å². The van der Waals surface area contributed by atoms with Gasteiger partial charge in [0.15, 0.2) is 0 Å². The van der Waals surface area contributed by atoms with Crippen LogP contribution in [0.3, 0.4) is 0 Å². The third-order valence-corrected chi connectivity index (χ3v) is 3.69. The van der Waals surface area contributed by atoms with Crippen molar-refractivity contribution in [1.29, 1.82) is 0 Å². The van der Waals surface area contributed by atoms with E-state index >= 15 is 0 Å². The minimum atomic E-state index is -0.408. The first-order valence-electron chi connectivity index (χ1n) is 7.20. The Hall–Kier alpha value is -2.95. The van der Waals surface area contributed by atoms with E-state index in [0.717, 1.165) is 0 Å². The molecule has 3 rings (SSSR count). The highest BCUT2D eigenvalue weighted by atomic mass is 19.1. The van der Waals surface area contributed by atoms with Crippen LogP contribution in [0.1, 0.15) is 21.6 Å². The van der Waals surface area contributed by atoms with E-state index in [4.69, 9.17) is 0 Å². The summed E-state index contributed by atoms with van der Waals surface area (Å²) in [6, 6.07) is 13.5. The van der Waals surface area contributed by atoms with E-state index in [1.54, 1.807) is 49.4 Å². The average molecular weight is 310 g/mol. The topological polar surface area (TPSA) is 62.0 Å². The summed E-state index contributed by atoms with van der Waals surface area (Å²) in [5.74, 6) is -0.718. The number of hydrogen-bond acceptors (Lipinski definition) is 2. The maximum atomic E-state index is 13.5. The summed E-state index contributed by atoms with van der Waals surface area (Å²) in [4.78, 5) is 26.7. The SMILES string of the molecule is Cc1ccc(CNC(=O)c2cc3ccccc3c(=O)[nH]2)cc1F. The fourth-order valence-electron chi connectivity index (χ4n) is 2.36. The van der Waals surface area contributed by atoms with Crippen LogP contribution in [0.5, 0.6) is 0 Å². The Balaban J connectivity index is 1.80. The first-order valence-corrected chi connectivity index (χ1v) is 7.20. The lowest BCUT2D eigenvalue weighted by Gasteiger charge is -2.07. The second-order valence-electron chi connectivity index (χ2n) is 5.37. The number of carbonyl (C=O) groups excluding carboxylic acids is 1. The Morgan fingerprint density at radius 2 is 1.96 bits per heavy atom. The lowest BCUT2D eigenvalue weighted by molar-refractivity contribution is 0.0946. The molecule has 4 nitrogen and oxygen atoms in total. The van der Waals surface area contributed by atoms with Crippen molar-refractivity contribution in [2.75, 3.05) is 0 Å². The van der Waals surface area contributed by atoms with Crippen LogP contribution >= 0.6 is 0 Å². The molecule has 0 aliphatic rings. The third-order valence-electron chi connectivity index (χ3n) is 3.69. The summed E-state index contributed by atoms with van der Waals surface area (Å²) in [7, 11) is 0. The number of benzene rings is 2. The number of hydrogen-bond donors (Lipinski definition) is 2. The molecule has 0 bridgehead atoms. The highest BCUT2D eigenvalue weighted by Gasteiger charge is 2.09. The molecule has 0 aliphatic heterocycles. The van der Waals surface area contributed by atoms with E-state index in [9.17, 15) is 14.0 Å². The molecule has 0 aliphatic carbocycles. The van der Waals surface area contributed by atoms with Crippen LogP contribution in [0.15, 0.2) is 53.3 Å². The van der Waals surface area contributed by atoms with Crippen molar-refractivity contribution in [3.05, 3.63) is 81.5 Å². The zero-order valence-corrected chi connectivity index (χ0v) is 12.5. The van der Waals surface area contributed by atoms with E-state index in [2.05, 4.69) is 10.3 Å². The Kier molecular flexibility index (Phi) is 3.93. The Bertz CT molecular complexity index is 947. The molecule has 0 fully saturated rings. The normalized spacial score (nSPS) is 10.7. The largest absolute Gasteiger partial charge is 0.347 e. The van der Waals surface area contributed by atoms with Crippen LogP contribution in [0.4, 0.5) is 4.39 Å². The lowest BCUT2D eigenvalue weighted by atomic mass is 10.1. The standard InChI is InChI=1S/C18H15FN2O2/c1-11-6-7-12(8-15(11)19)10-20-18(23)16-9-13-4-2-3-5-14(13)17(22)21-16/h2-9H,10H2,1H3,(H,20,23)(H,21,22). The van der Waals surface area contributed by atoms with E-state index in [-0.39, 0.29) is 23.6 Å². The fourth-order valence-corrected chi connectivity index (χ4v) is 2.36. The van der Waals surface area contributed by atoms with Gasteiger partial charge in [-0.3, -0.25) is 9.59 Å². The van der Waals surface area contributed by atoms with Crippen LogP contribution in [0.2, 0.25) is 0 Å². The molecule has 2 N–H and O–H groups in total. The summed E-state index contributed by atoms with van der Waals surface area (Å²) in [6.45, 7) is 1.86. The quantitative estimate of drug-likeness (QED) is 0.781. The molecule has 1 heterocycles. The van der Waals surface area contributed by atoms with Crippen molar-refractivity contribution >= 4 is 16.7 Å². The number of aryl methyl sites for hydroxylation is 1. The summed E-state index contributed by atoms with van der Waals surface area (Å²) in [5.41, 5.74) is 1.08. The van der Waals surface area contributed by atoms with Crippen LogP contribution in [0.25, 0.3) is 10.8 Å². The van der Waals surface area contributed by atoms with Gasteiger partial charge in [0, 0.05) is 11.9 Å². The number of pyridine rings is 1. The molecule has 0 atom stereocenters. The molecule has 1 aromatic heterocycles. The molecule has 3 aromatic rings. The van der Waals surface area contributed by atoms with Crippen LogP contribution < -0.4 is 10.9 Å². The van der Waals surface area contributed by atoms with Crippen LogP contribution in [-0.2, 0) is 6.54 Å². The van der Waals surface area contributed by atoms with Gasteiger partial charge in [0.2, 0.25) is 0 Å². The molecule has 23 heavy (non-hydrogen) atoms. The first-order chi connectivity index (χ1) is 11.0. The van der Waals surface area contributed by atoms with Crippen molar-refractivity contribution in [1.82, 2.24) is 10.3 Å². The molecule has 0 unspecified atom stereocenters. The fraction of sp³-hybridized carbons (Fsp3) is 0.111. The van der Waals surface area contributed by atoms with Gasteiger partial charge in [0.1, 0.15) is 11.5 Å². The monoisotopic (exact) mass is 310 g/mol. The van der Waals surface area contributed by atoms with Crippen molar-refractivity contribution in [2.24, 2.45) is 0 Å². The van der Waals surface area contributed by atoms with E-state index in [1.807, 2.05) is 0 Å². The Morgan fingerprint density at radius 1 is 1.17 bits per heavy atom. The molecule has 2 aromatic carbocycles. The lowest BCUT2D eigenvalue weighted by Crippen LogP contribution is -2.26. The van der Waals surface area contributed by atoms with Gasteiger partial charge in [-0.15, -0.1) is 0 Å². The van der Waals surface area contributed by atoms with Crippen molar-refractivity contribution in [3.63, 3.8) is 0 Å². The predicted molar refractivity (Wildman–Crippen MR) is 86.9 cm³/mol. The van der Waals surface area contributed by atoms with Gasteiger partial charge >= 0.3 is 0 Å². The molecular formula is C18H15FN2O2. The number of aromatic nitrogens is 1. The van der Waals surface area contributed by atoms with Gasteiger partial charge in [-0.25, -0.2) is 4.39 Å². The van der Waals surface area contributed by atoms with Gasteiger partial charge in [-0.05, 0) is 41.6 Å². The highest BCUT2D eigenvalue weighted by Crippen LogP contribution is 2.11. The number of aromatic amines is 1. The van der Waals surface area contributed by atoms with Crippen LogP contribution in [-0.4, -0.2) is 10.9 Å². The maximum Gasteiger partial charge on any atom is 0.268 e. The number of carbonyl (C=O) groups is 1. The van der Waals surface area contributed by atoms with Gasteiger partial charge in [0.05, 0.1) is 0 Å². The van der Waals surface area contributed by atoms with E-state index < -0.39 is 5.91 Å². The zero-order chi connectivity index (χ0) is 16.4. The first kappa shape index (κ1) is 15.0. The Morgan fingerprint density at radius 3 is 2.74 bits per heavy atom. The molecule has 1 amide bonds. The molecule has 0 saturated heterocycles. The average Bonchev–Trinajstić information content (AvgIpc) is 2.55. The second-order valence-corrected chi connectivity index (χ2v) is 5.37. The minimum Gasteiger partial charge on any atom is -0.347 e. The molecule has 0 radical (unpaired) electrons. The summed E-state index contributed by atoms with van der Waals surface area (Å²) < 4.78 is 13.5. The minimum absolute atomic E-state index is 0.182. The van der Waals surface area contributed by atoms with Gasteiger partial charge in [-0.1, -0.05) is 30.3 Å². The van der Waals surface area contributed by atoms with E-state index in [0.29, 0.717) is 21.9 Å². The molecular weight excluding hydrogens is 295 g/mol. The molecule has 0 saturated carbocycles.